The molecule has 0 saturated heterocycles. The van der Waals surface area contributed by atoms with Crippen molar-refractivity contribution in [2.24, 2.45) is 5.73 Å². The Morgan fingerprint density at radius 1 is 1.43 bits per heavy atom. The highest BCUT2D eigenvalue weighted by Gasteiger charge is 2.23. The molecule has 3 N–H and O–H groups in total. The van der Waals surface area contributed by atoms with Crippen molar-refractivity contribution >= 4 is 5.69 Å². The van der Waals surface area contributed by atoms with Crippen LogP contribution >= 0.6 is 0 Å². The molecule has 0 spiro atoms. The van der Waals surface area contributed by atoms with Crippen LogP contribution in [-0.4, -0.2) is 28.3 Å². The van der Waals surface area contributed by atoms with Crippen molar-refractivity contribution in [2.75, 3.05) is 18.1 Å². The zero-order chi connectivity index (χ0) is 14.8. The van der Waals surface area contributed by atoms with Crippen LogP contribution in [0.3, 0.4) is 0 Å². The fourth-order valence-electron chi connectivity index (χ4n) is 2.42. The summed E-state index contributed by atoms with van der Waals surface area (Å²) in [4.78, 5) is 18.2. The third-order valence-electron chi connectivity index (χ3n) is 3.53. The largest absolute Gasteiger partial charge is 0.476 e. The van der Waals surface area contributed by atoms with Crippen LogP contribution in [-0.2, 0) is 13.1 Å². The molecular weight excluding hydrogens is 270 g/mol. The van der Waals surface area contributed by atoms with Crippen molar-refractivity contribution in [3.8, 4) is 5.88 Å². The van der Waals surface area contributed by atoms with Crippen molar-refractivity contribution in [3.63, 3.8) is 0 Å². The maximum atomic E-state index is 11.6. The summed E-state index contributed by atoms with van der Waals surface area (Å²) in [5, 5.41) is 6.31. The second-order valence-electron chi connectivity index (χ2n) is 4.96. The summed E-state index contributed by atoms with van der Waals surface area (Å²) in [5.41, 5.74) is 8.85. The molecule has 2 aromatic heterocycles. The molecule has 21 heavy (non-hydrogen) atoms. The maximum Gasteiger partial charge on any atom is 0.269 e. The van der Waals surface area contributed by atoms with Crippen LogP contribution in [0.25, 0.3) is 0 Å². The van der Waals surface area contributed by atoms with Crippen LogP contribution in [0.2, 0.25) is 0 Å². The third kappa shape index (κ3) is 2.59. The number of pyridine rings is 1. The number of hydrogen-bond acceptors (Lipinski definition) is 6. The summed E-state index contributed by atoms with van der Waals surface area (Å²) < 4.78 is 5.44. The lowest BCUT2D eigenvalue weighted by Crippen LogP contribution is -2.21. The first-order chi connectivity index (χ1) is 10.2. The molecule has 7 nitrogen and oxygen atoms in total. The first kappa shape index (κ1) is 13.6. The molecular formula is C14H17N5O2. The van der Waals surface area contributed by atoms with Gasteiger partial charge in [0.2, 0.25) is 5.88 Å². The average Bonchev–Trinajstić information content (AvgIpc) is 2.90. The van der Waals surface area contributed by atoms with Gasteiger partial charge in [-0.1, -0.05) is 0 Å². The number of nitrogens with two attached hydrogens (primary N) is 1. The third-order valence-corrected chi connectivity index (χ3v) is 3.53. The molecule has 0 fully saturated rings. The summed E-state index contributed by atoms with van der Waals surface area (Å²) in [7, 11) is 0. The van der Waals surface area contributed by atoms with E-state index in [0.717, 1.165) is 16.9 Å². The van der Waals surface area contributed by atoms with Gasteiger partial charge in [-0.05, 0) is 18.6 Å². The maximum absolute atomic E-state index is 11.6. The Bertz CT molecular complexity index is 713. The van der Waals surface area contributed by atoms with Gasteiger partial charge in [0.25, 0.3) is 5.56 Å². The van der Waals surface area contributed by atoms with Crippen LogP contribution in [0.4, 0.5) is 5.69 Å². The van der Waals surface area contributed by atoms with Crippen LogP contribution in [0.5, 0.6) is 5.88 Å². The lowest BCUT2D eigenvalue weighted by atomic mass is 10.2. The molecule has 0 unspecified atom stereocenters. The molecule has 0 aromatic carbocycles. The summed E-state index contributed by atoms with van der Waals surface area (Å²) >= 11 is 0. The van der Waals surface area contributed by atoms with E-state index >= 15 is 0 Å². The molecule has 0 radical (unpaired) electrons. The van der Waals surface area contributed by atoms with E-state index in [0.29, 0.717) is 37.7 Å². The zero-order valence-electron chi connectivity index (χ0n) is 11.8. The number of aromatic amines is 1. The number of aromatic nitrogens is 3. The van der Waals surface area contributed by atoms with Gasteiger partial charge in [0.1, 0.15) is 6.61 Å². The molecule has 7 heteroatoms. The van der Waals surface area contributed by atoms with Crippen LogP contribution < -0.4 is 20.9 Å². The van der Waals surface area contributed by atoms with Gasteiger partial charge in [0.15, 0.2) is 0 Å². The van der Waals surface area contributed by atoms with Crippen LogP contribution in [0.15, 0.2) is 23.1 Å². The molecule has 0 aliphatic carbocycles. The van der Waals surface area contributed by atoms with Gasteiger partial charge in [-0.3, -0.25) is 4.79 Å². The van der Waals surface area contributed by atoms with E-state index in [1.165, 1.54) is 0 Å². The molecule has 1 aliphatic rings. The Balaban J connectivity index is 1.84. The second kappa shape index (κ2) is 5.53. The predicted octanol–water partition coefficient (Wildman–Crippen LogP) is 0.331. The number of ether oxygens (including phenoxy) is 1. The fraction of sp³-hybridized carbons (Fsp3) is 0.357. The van der Waals surface area contributed by atoms with Gasteiger partial charge in [0.05, 0.1) is 24.1 Å². The molecule has 110 valence electrons. The highest BCUT2D eigenvalue weighted by atomic mass is 16.5. The molecule has 0 atom stereocenters. The van der Waals surface area contributed by atoms with Gasteiger partial charge in [0, 0.05) is 24.7 Å². The molecule has 2 aromatic rings. The van der Waals surface area contributed by atoms with E-state index in [9.17, 15) is 4.79 Å². The summed E-state index contributed by atoms with van der Waals surface area (Å²) in [6.07, 6.45) is 1.68. The number of anilines is 1. The molecule has 0 amide bonds. The van der Waals surface area contributed by atoms with E-state index < -0.39 is 0 Å². The highest BCUT2D eigenvalue weighted by Crippen LogP contribution is 2.28. The fourth-order valence-corrected chi connectivity index (χ4v) is 2.42. The lowest BCUT2D eigenvalue weighted by molar-refractivity contribution is 0.315. The Kier molecular flexibility index (Phi) is 3.57. The number of hydrogen-bond donors (Lipinski definition) is 2. The lowest BCUT2D eigenvalue weighted by Gasteiger charge is -2.18. The first-order valence-electron chi connectivity index (χ1n) is 6.80. The minimum atomic E-state index is -0.164. The number of H-pyrrole nitrogens is 1. The SMILES string of the molecule is Cc1c(N2Cc3ccc(OCCN)nc3C2)cn[nH]c1=O. The van der Waals surface area contributed by atoms with E-state index in [4.69, 9.17) is 10.5 Å². The van der Waals surface area contributed by atoms with Crippen molar-refractivity contribution in [1.82, 2.24) is 15.2 Å². The molecule has 3 heterocycles. The minimum absolute atomic E-state index is 0.164. The van der Waals surface area contributed by atoms with Crippen LogP contribution in [0, 0.1) is 6.92 Å². The van der Waals surface area contributed by atoms with Gasteiger partial charge in [-0.15, -0.1) is 0 Å². The quantitative estimate of drug-likeness (QED) is 0.841. The number of fused-ring (bicyclic) bond motifs is 1. The summed E-state index contributed by atoms with van der Waals surface area (Å²) in [6.45, 7) is 4.06. The van der Waals surface area contributed by atoms with Gasteiger partial charge >= 0.3 is 0 Å². The van der Waals surface area contributed by atoms with Crippen LogP contribution in [0.1, 0.15) is 16.8 Å². The Labute approximate surface area is 121 Å². The normalized spacial score (nSPS) is 13.3. The number of nitrogens with one attached hydrogen (secondary N) is 1. The monoisotopic (exact) mass is 287 g/mol. The first-order valence-corrected chi connectivity index (χ1v) is 6.80. The van der Waals surface area contributed by atoms with E-state index in [-0.39, 0.29) is 5.56 Å². The van der Waals surface area contributed by atoms with E-state index in [1.807, 2.05) is 12.1 Å². The van der Waals surface area contributed by atoms with Crippen molar-refractivity contribution in [3.05, 3.63) is 45.5 Å². The molecule has 3 rings (SSSR count). The Hall–Kier alpha value is -2.41. The predicted molar refractivity (Wildman–Crippen MR) is 78.3 cm³/mol. The molecule has 0 bridgehead atoms. The highest BCUT2D eigenvalue weighted by molar-refractivity contribution is 5.53. The van der Waals surface area contributed by atoms with E-state index in [1.54, 1.807) is 13.1 Å². The molecule has 0 saturated carbocycles. The van der Waals surface area contributed by atoms with E-state index in [2.05, 4.69) is 20.1 Å². The summed E-state index contributed by atoms with van der Waals surface area (Å²) in [6, 6.07) is 3.85. The number of rotatable bonds is 4. The topological polar surface area (TPSA) is 97.1 Å². The van der Waals surface area contributed by atoms with Gasteiger partial charge in [-0.25, -0.2) is 10.1 Å². The average molecular weight is 287 g/mol. The number of nitrogens with zero attached hydrogens (tertiary/aromatic N) is 3. The van der Waals surface area contributed by atoms with Gasteiger partial charge < -0.3 is 15.4 Å². The molecule has 1 aliphatic heterocycles. The summed E-state index contributed by atoms with van der Waals surface area (Å²) in [5.74, 6) is 0.585. The van der Waals surface area contributed by atoms with Gasteiger partial charge in [-0.2, -0.15) is 5.10 Å². The second-order valence-corrected chi connectivity index (χ2v) is 4.96. The van der Waals surface area contributed by atoms with Crippen molar-refractivity contribution in [1.29, 1.82) is 0 Å². The van der Waals surface area contributed by atoms with Crippen molar-refractivity contribution in [2.45, 2.75) is 20.0 Å². The Morgan fingerprint density at radius 2 is 2.29 bits per heavy atom. The minimum Gasteiger partial charge on any atom is -0.476 e. The standard InChI is InChI=1S/C14H17N5O2/c1-9-12(6-16-18-14(9)20)19-7-10-2-3-13(21-5-4-15)17-11(10)8-19/h2-3,6H,4-5,7-8,15H2,1H3,(H,18,20). The zero-order valence-corrected chi connectivity index (χ0v) is 11.8. The Morgan fingerprint density at radius 3 is 3.10 bits per heavy atom. The van der Waals surface area contributed by atoms with Crippen molar-refractivity contribution < 1.29 is 4.74 Å². The smallest absolute Gasteiger partial charge is 0.269 e.